The molecule has 0 radical (unpaired) electrons. The fraction of sp³-hybridized carbons (Fsp3) is 0.182. The van der Waals surface area contributed by atoms with E-state index in [1.165, 1.54) is 13.2 Å². The number of carboxylic acid groups (broad SMARTS) is 1. The number of nitrogens with two attached hydrogens (primary N) is 2. The van der Waals surface area contributed by atoms with E-state index in [1.807, 2.05) is 0 Å². The maximum Gasteiger partial charge on any atom is 0.335 e. The average Bonchev–Trinajstić information content (AvgIpc) is 2.30. The zero-order valence-corrected chi connectivity index (χ0v) is 9.99. The van der Waals surface area contributed by atoms with Gasteiger partial charge in [-0.25, -0.2) is 4.79 Å². The van der Waals surface area contributed by atoms with Crippen molar-refractivity contribution in [2.45, 2.75) is 5.97 Å². The summed E-state index contributed by atoms with van der Waals surface area (Å²) in [7, 11) is 1.29. The van der Waals surface area contributed by atoms with E-state index < -0.39 is 17.6 Å². The summed E-state index contributed by atoms with van der Waals surface area (Å²) in [6.45, 7) is 0. The SMILES string of the molecule is COc1cc(C(=O)O)cc(/C=C(\N)C(O)(O)O)c1N. The Morgan fingerprint density at radius 2 is 1.95 bits per heavy atom. The van der Waals surface area contributed by atoms with Gasteiger partial charge in [0.25, 0.3) is 0 Å². The van der Waals surface area contributed by atoms with Crippen molar-refractivity contribution in [3.63, 3.8) is 0 Å². The second kappa shape index (κ2) is 5.14. The molecule has 8 nitrogen and oxygen atoms in total. The largest absolute Gasteiger partial charge is 0.495 e. The molecule has 0 bridgehead atoms. The highest BCUT2D eigenvalue weighted by atomic mass is 16.7. The number of hydrogen-bond acceptors (Lipinski definition) is 7. The van der Waals surface area contributed by atoms with Crippen LogP contribution in [0.4, 0.5) is 5.69 Å². The van der Waals surface area contributed by atoms with Crippen LogP contribution in [0, 0.1) is 0 Å². The van der Waals surface area contributed by atoms with Gasteiger partial charge in [0, 0.05) is 5.56 Å². The average molecular weight is 270 g/mol. The number of nitrogen functional groups attached to an aromatic ring is 1. The first-order valence-electron chi connectivity index (χ1n) is 5.02. The van der Waals surface area contributed by atoms with Gasteiger partial charge in [0.05, 0.1) is 24.1 Å². The minimum Gasteiger partial charge on any atom is -0.495 e. The molecule has 0 fully saturated rings. The van der Waals surface area contributed by atoms with Gasteiger partial charge >= 0.3 is 11.9 Å². The van der Waals surface area contributed by atoms with Crippen LogP contribution in [0.1, 0.15) is 15.9 Å². The second-order valence-electron chi connectivity index (χ2n) is 3.72. The number of rotatable bonds is 4. The number of carbonyl (C=O) groups is 1. The van der Waals surface area contributed by atoms with Crippen molar-refractivity contribution < 1.29 is 30.0 Å². The molecule has 0 aromatic heterocycles. The topological polar surface area (TPSA) is 159 Å². The molecule has 0 aliphatic carbocycles. The molecule has 0 aliphatic heterocycles. The van der Waals surface area contributed by atoms with Crippen LogP contribution in [0.15, 0.2) is 17.8 Å². The number of aromatic carboxylic acids is 1. The summed E-state index contributed by atoms with van der Waals surface area (Å²) >= 11 is 0. The van der Waals surface area contributed by atoms with Gasteiger partial charge in [-0.3, -0.25) is 0 Å². The Bertz CT molecular complexity index is 533. The zero-order valence-electron chi connectivity index (χ0n) is 9.99. The quantitative estimate of drug-likeness (QED) is 0.297. The highest BCUT2D eigenvalue weighted by Crippen LogP contribution is 2.29. The van der Waals surface area contributed by atoms with E-state index >= 15 is 0 Å². The normalized spacial score (nSPS) is 12.3. The smallest absolute Gasteiger partial charge is 0.335 e. The molecule has 0 aliphatic rings. The van der Waals surface area contributed by atoms with Crippen LogP contribution in [0.3, 0.4) is 0 Å². The summed E-state index contributed by atoms with van der Waals surface area (Å²) in [5, 5.41) is 35.5. The van der Waals surface area contributed by atoms with E-state index in [1.54, 1.807) is 0 Å². The molecule has 1 aromatic carbocycles. The Balaban J connectivity index is 3.42. The lowest BCUT2D eigenvalue weighted by molar-refractivity contribution is -0.282. The van der Waals surface area contributed by atoms with Crippen molar-refractivity contribution >= 4 is 17.7 Å². The van der Waals surface area contributed by atoms with E-state index in [9.17, 15) is 4.79 Å². The van der Waals surface area contributed by atoms with Crippen molar-refractivity contribution in [2.75, 3.05) is 12.8 Å². The molecule has 8 N–H and O–H groups in total. The molecular formula is C11H14N2O6. The fourth-order valence-corrected chi connectivity index (χ4v) is 1.32. The number of methoxy groups -OCH3 is 1. The number of aliphatic hydroxyl groups is 3. The maximum absolute atomic E-state index is 10.9. The summed E-state index contributed by atoms with van der Waals surface area (Å²) in [4.78, 5) is 10.9. The van der Waals surface area contributed by atoms with Crippen LogP contribution >= 0.6 is 0 Å². The van der Waals surface area contributed by atoms with Gasteiger partial charge in [-0.15, -0.1) is 0 Å². The van der Waals surface area contributed by atoms with Gasteiger partial charge in [0.2, 0.25) is 0 Å². The van der Waals surface area contributed by atoms with Crippen LogP contribution in [0.5, 0.6) is 5.75 Å². The molecular weight excluding hydrogens is 256 g/mol. The van der Waals surface area contributed by atoms with Crippen LogP contribution < -0.4 is 16.2 Å². The van der Waals surface area contributed by atoms with E-state index in [2.05, 4.69) is 0 Å². The number of carboxylic acids is 1. The Morgan fingerprint density at radius 3 is 2.37 bits per heavy atom. The van der Waals surface area contributed by atoms with E-state index in [4.69, 9.17) is 36.6 Å². The minimum absolute atomic E-state index is 0.0414. The highest BCUT2D eigenvalue weighted by molar-refractivity contribution is 5.91. The van der Waals surface area contributed by atoms with Gasteiger partial charge in [0.1, 0.15) is 5.75 Å². The molecule has 19 heavy (non-hydrogen) atoms. The number of hydrogen-bond donors (Lipinski definition) is 6. The van der Waals surface area contributed by atoms with E-state index in [0.29, 0.717) is 0 Å². The molecule has 104 valence electrons. The summed E-state index contributed by atoms with van der Waals surface area (Å²) in [6, 6.07) is 2.36. The zero-order chi connectivity index (χ0) is 14.8. The standard InChI is InChI=1S/C11H14N2O6/c1-19-7-3-6(10(14)15)2-5(9(7)13)4-8(12)11(16,17)18/h2-4,16-18H,12-13H2,1H3,(H,14,15)/b8-4-. The Hall–Kier alpha value is -2.29. The third-order valence-corrected chi connectivity index (χ3v) is 2.34. The first-order valence-corrected chi connectivity index (χ1v) is 5.02. The molecule has 0 unspecified atom stereocenters. The van der Waals surface area contributed by atoms with Gasteiger partial charge in [-0.05, 0) is 18.2 Å². The van der Waals surface area contributed by atoms with Gasteiger partial charge in [-0.2, -0.15) is 0 Å². The highest BCUT2D eigenvalue weighted by Gasteiger charge is 2.23. The third-order valence-electron chi connectivity index (χ3n) is 2.34. The predicted octanol–water partition coefficient (Wildman–Crippen LogP) is -1.09. The van der Waals surface area contributed by atoms with Crippen molar-refractivity contribution in [1.29, 1.82) is 0 Å². The Kier molecular flexibility index (Phi) is 4.00. The Morgan fingerprint density at radius 1 is 1.37 bits per heavy atom. The van der Waals surface area contributed by atoms with Crippen molar-refractivity contribution in [3.05, 3.63) is 29.0 Å². The summed E-state index contributed by atoms with van der Waals surface area (Å²) in [5.74, 6) is -4.37. The molecule has 0 heterocycles. The van der Waals surface area contributed by atoms with Crippen molar-refractivity contribution in [3.8, 4) is 5.75 Å². The lowest BCUT2D eigenvalue weighted by Gasteiger charge is -2.15. The summed E-state index contributed by atoms with van der Waals surface area (Å²) in [5.41, 5.74) is 10.2. The van der Waals surface area contributed by atoms with Crippen LogP contribution in [-0.4, -0.2) is 39.5 Å². The van der Waals surface area contributed by atoms with Crippen molar-refractivity contribution in [1.82, 2.24) is 0 Å². The number of benzene rings is 1. The van der Waals surface area contributed by atoms with Crippen LogP contribution in [0.2, 0.25) is 0 Å². The summed E-state index contributed by atoms with van der Waals surface area (Å²) < 4.78 is 4.90. The molecule has 0 spiro atoms. The molecule has 0 saturated heterocycles. The molecule has 1 rings (SSSR count). The lowest BCUT2D eigenvalue weighted by atomic mass is 10.1. The van der Waals surface area contributed by atoms with Gasteiger partial charge < -0.3 is 36.6 Å². The second-order valence-corrected chi connectivity index (χ2v) is 3.72. The Labute approximate surface area is 108 Å². The van der Waals surface area contributed by atoms with E-state index in [0.717, 1.165) is 12.1 Å². The van der Waals surface area contributed by atoms with Crippen LogP contribution in [-0.2, 0) is 0 Å². The first kappa shape index (κ1) is 14.8. The maximum atomic E-state index is 10.9. The van der Waals surface area contributed by atoms with E-state index in [-0.39, 0.29) is 22.6 Å². The van der Waals surface area contributed by atoms with Gasteiger partial charge in [-0.1, -0.05) is 0 Å². The fourth-order valence-electron chi connectivity index (χ4n) is 1.32. The number of anilines is 1. The molecule has 0 amide bonds. The lowest BCUT2D eigenvalue weighted by Crippen LogP contribution is -2.34. The summed E-state index contributed by atoms with van der Waals surface area (Å²) in [6.07, 6.45) is 0.935. The number of ether oxygens (including phenoxy) is 1. The minimum atomic E-state index is -3.22. The first-order chi connectivity index (χ1) is 8.66. The monoisotopic (exact) mass is 270 g/mol. The molecule has 0 atom stereocenters. The molecule has 8 heteroatoms. The molecule has 1 aromatic rings. The molecule has 0 saturated carbocycles. The van der Waals surface area contributed by atoms with Crippen LogP contribution in [0.25, 0.3) is 6.08 Å². The van der Waals surface area contributed by atoms with Crippen molar-refractivity contribution in [2.24, 2.45) is 5.73 Å². The third kappa shape index (κ3) is 3.35. The van der Waals surface area contributed by atoms with Gasteiger partial charge in [0.15, 0.2) is 0 Å². The predicted molar refractivity (Wildman–Crippen MR) is 65.9 cm³/mol.